The van der Waals surface area contributed by atoms with Crippen LogP contribution in [0.25, 0.3) is 0 Å². The number of methoxy groups -OCH3 is 1. The SMILES string of the molecule is COc1ccc(Br)cc1C=NN(C(N)=S)c1ccc(F)cc1. The third-order valence-electron chi connectivity index (χ3n) is 2.78. The van der Waals surface area contributed by atoms with Crippen molar-refractivity contribution in [3.63, 3.8) is 0 Å². The molecule has 0 aliphatic heterocycles. The van der Waals surface area contributed by atoms with Crippen LogP contribution >= 0.6 is 28.1 Å². The molecule has 0 aromatic heterocycles. The zero-order chi connectivity index (χ0) is 16.1. The number of hydrogen-bond donors (Lipinski definition) is 1. The van der Waals surface area contributed by atoms with E-state index in [0.717, 1.165) is 10.0 Å². The summed E-state index contributed by atoms with van der Waals surface area (Å²) < 4.78 is 19.2. The van der Waals surface area contributed by atoms with E-state index in [1.54, 1.807) is 25.5 Å². The molecule has 0 heterocycles. The predicted octanol–water partition coefficient (Wildman–Crippen LogP) is 3.68. The molecule has 0 aliphatic carbocycles. The number of halogens is 2. The largest absolute Gasteiger partial charge is 0.496 e. The number of anilines is 1. The minimum atomic E-state index is -0.343. The molecule has 4 nitrogen and oxygen atoms in total. The fourth-order valence-electron chi connectivity index (χ4n) is 1.76. The molecular formula is C15H13BrFN3OS. The summed E-state index contributed by atoms with van der Waals surface area (Å²) in [7, 11) is 1.58. The molecule has 2 N–H and O–H groups in total. The smallest absolute Gasteiger partial charge is 0.191 e. The van der Waals surface area contributed by atoms with Gasteiger partial charge in [0, 0.05) is 10.0 Å². The van der Waals surface area contributed by atoms with Crippen molar-refractivity contribution < 1.29 is 9.13 Å². The van der Waals surface area contributed by atoms with Crippen LogP contribution in [0.3, 0.4) is 0 Å². The van der Waals surface area contributed by atoms with Gasteiger partial charge in [0.1, 0.15) is 11.6 Å². The van der Waals surface area contributed by atoms with Gasteiger partial charge in [-0.05, 0) is 54.7 Å². The Bertz CT molecular complexity index is 706. The number of benzene rings is 2. The zero-order valence-electron chi connectivity index (χ0n) is 11.7. The molecule has 0 unspecified atom stereocenters. The van der Waals surface area contributed by atoms with Gasteiger partial charge in [0.25, 0.3) is 0 Å². The maximum atomic E-state index is 13.0. The van der Waals surface area contributed by atoms with Gasteiger partial charge in [0.15, 0.2) is 5.11 Å². The average Bonchev–Trinajstić information content (AvgIpc) is 2.49. The highest BCUT2D eigenvalue weighted by Crippen LogP contribution is 2.22. The van der Waals surface area contributed by atoms with Gasteiger partial charge in [-0.3, -0.25) is 0 Å². The second-order valence-electron chi connectivity index (χ2n) is 4.26. The first kappa shape index (κ1) is 16.4. The van der Waals surface area contributed by atoms with E-state index in [4.69, 9.17) is 22.7 Å². The Morgan fingerprint density at radius 3 is 2.59 bits per heavy atom. The molecule has 0 aliphatic rings. The molecule has 0 spiro atoms. The van der Waals surface area contributed by atoms with Gasteiger partial charge in [-0.1, -0.05) is 15.9 Å². The van der Waals surface area contributed by atoms with Crippen LogP contribution in [0, 0.1) is 5.82 Å². The van der Waals surface area contributed by atoms with Crippen molar-refractivity contribution in [1.29, 1.82) is 0 Å². The molecule has 2 aromatic carbocycles. The molecule has 2 rings (SSSR count). The Kier molecular flexibility index (Phi) is 5.46. The fourth-order valence-corrected chi connectivity index (χ4v) is 2.29. The zero-order valence-corrected chi connectivity index (χ0v) is 14.1. The Balaban J connectivity index is 2.34. The first-order valence-electron chi connectivity index (χ1n) is 6.24. The molecule has 0 fully saturated rings. The molecule has 0 radical (unpaired) electrons. The van der Waals surface area contributed by atoms with E-state index in [0.29, 0.717) is 11.4 Å². The highest BCUT2D eigenvalue weighted by Gasteiger charge is 2.08. The fraction of sp³-hybridized carbons (Fsp3) is 0.0667. The molecule has 2 aromatic rings. The number of nitrogens with zero attached hydrogens (tertiary/aromatic N) is 2. The minimum Gasteiger partial charge on any atom is -0.496 e. The summed E-state index contributed by atoms with van der Waals surface area (Å²) in [6.07, 6.45) is 1.58. The second kappa shape index (κ2) is 7.33. The van der Waals surface area contributed by atoms with Crippen LogP contribution in [0.5, 0.6) is 5.75 Å². The van der Waals surface area contributed by atoms with E-state index in [1.807, 2.05) is 18.2 Å². The first-order chi connectivity index (χ1) is 10.5. The summed E-state index contributed by atoms with van der Waals surface area (Å²) in [4.78, 5) is 0. The van der Waals surface area contributed by atoms with Gasteiger partial charge >= 0.3 is 0 Å². The van der Waals surface area contributed by atoms with Crippen LogP contribution in [0.1, 0.15) is 5.56 Å². The summed E-state index contributed by atoms with van der Waals surface area (Å²) in [6.45, 7) is 0. The third-order valence-corrected chi connectivity index (χ3v) is 3.45. The van der Waals surface area contributed by atoms with Gasteiger partial charge in [-0.25, -0.2) is 9.40 Å². The van der Waals surface area contributed by atoms with Gasteiger partial charge in [-0.15, -0.1) is 0 Å². The number of ether oxygens (including phenoxy) is 1. The lowest BCUT2D eigenvalue weighted by molar-refractivity contribution is 0.414. The van der Waals surface area contributed by atoms with Crippen LogP contribution < -0.4 is 15.5 Å². The second-order valence-corrected chi connectivity index (χ2v) is 5.59. The van der Waals surface area contributed by atoms with Crippen molar-refractivity contribution in [2.24, 2.45) is 10.8 Å². The Morgan fingerprint density at radius 2 is 2.00 bits per heavy atom. The maximum Gasteiger partial charge on any atom is 0.191 e. The summed E-state index contributed by atoms with van der Waals surface area (Å²) in [6, 6.07) is 11.3. The first-order valence-corrected chi connectivity index (χ1v) is 7.44. The van der Waals surface area contributed by atoms with Crippen molar-refractivity contribution in [1.82, 2.24) is 0 Å². The number of hydrazone groups is 1. The number of rotatable bonds is 4. The van der Waals surface area contributed by atoms with Crippen molar-refractivity contribution >= 4 is 45.2 Å². The van der Waals surface area contributed by atoms with Gasteiger partial charge in [0.2, 0.25) is 0 Å². The average molecular weight is 382 g/mol. The summed E-state index contributed by atoms with van der Waals surface area (Å²) >= 11 is 8.38. The molecule has 0 atom stereocenters. The van der Waals surface area contributed by atoms with Crippen molar-refractivity contribution in [2.45, 2.75) is 0 Å². The summed E-state index contributed by atoms with van der Waals surface area (Å²) in [5.41, 5.74) is 7.00. The maximum absolute atomic E-state index is 13.0. The Labute approximate surface area is 141 Å². The number of nitrogens with two attached hydrogens (primary N) is 1. The highest BCUT2D eigenvalue weighted by atomic mass is 79.9. The summed E-state index contributed by atoms with van der Waals surface area (Å²) in [5, 5.41) is 5.66. The van der Waals surface area contributed by atoms with Crippen LogP contribution in [-0.2, 0) is 0 Å². The van der Waals surface area contributed by atoms with Gasteiger partial charge in [0.05, 0.1) is 19.0 Å². The lowest BCUT2D eigenvalue weighted by atomic mass is 10.2. The Morgan fingerprint density at radius 1 is 1.32 bits per heavy atom. The van der Waals surface area contributed by atoms with Gasteiger partial charge in [-0.2, -0.15) is 5.10 Å². The molecule has 0 saturated carbocycles. The molecular weight excluding hydrogens is 369 g/mol. The normalized spacial score (nSPS) is 10.7. The molecule has 0 saturated heterocycles. The monoisotopic (exact) mass is 381 g/mol. The standard InChI is InChI=1S/C15H13BrFN3OS/c1-21-14-7-2-11(16)8-10(14)9-19-20(15(18)22)13-5-3-12(17)4-6-13/h2-9H,1H3,(H2,18,22). The predicted molar refractivity (Wildman–Crippen MR) is 94.0 cm³/mol. The van der Waals surface area contributed by atoms with Crippen LogP contribution in [-0.4, -0.2) is 18.4 Å². The van der Waals surface area contributed by atoms with Crippen molar-refractivity contribution in [3.05, 3.63) is 58.3 Å². The van der Waals surface area contributed by atoms with E-state index >= 15 is 0 Å². The molecule has 22 heavy (non-hydrogen) atoms. The van der Waals surface area contributed by atoms with E-state index in [-0.39, 0.29) is 10.9 Å². The van der Waals surface area contributed by atoms with E-state index in [9.17, 15) is 4.39 Å². The van der Waals surface area contributed by atoms with E-state index in [1.165, 1.54) is 17.1 Å². The molecule has 114 valence electrons. The number of thiocarbonyl (C=S) groups is 1. The van der Waals surface area contributed by atoms with Crippen molar-refractivity contribution in [3.8, 4) is 5.75 Å². The molecule has 0 amide bonds. The third kappa shape index (κ3) is 4.02. The molecule has 7 heteroatoms. The van der Waals surface area contributed by atoms with E-state index in [2.05, 4.69) is 21.0 Å². The van der Waals surface area contributed by atoms with Crippen LogP contribution in [0.15, 0.2) is 52.0 Å². The van der Waals surface area contributed by atoms with E-state index < -0.39 is 0 Å². The van der Waals surface area contributed by atoms with Crippen LogP contribution in [0.4, 0.5) is 10.1 Å². The van der Waals surface area contributed by atoms with Crippen LogP contribution in [0.2, 0.25) is 0 Å². The number of hydrogen-bond acceptors (Lipinski definition) is 3. The highest BCUT2D eigenvalue weighted by molar-refractivity contribution is 9.10. The topological polar surface area (TPSA) is 50.8 Å². The quantitative estimate of drug-likeness (QED) is 0.498. The molecule has 0 bridgehead atoms. The van der Waals surface area contributed by atoms with Crippen molar-refractivity contribution in [2.75, 3.05) is 12.1 Å². The Hall–Kier alpha value is -1.99. The lowest BCUT2D eigenvalue weighted by Crippen LogP contribution is -2.30. The van der Waals surface area contributed by atoms with Gasteiger partial charge < -0.3 is 10.5 Å². The minimum absolute atomic E-state index is 0.0526. The lowest BCUT2D eigenvalue weighted by Gasteiger charge is -2.16. The summed E-state index contributed by atoms with van der Waals surface area (Å²) in [5.74, 6) is 0.318.